The molecule has 11 heteroatoms. The zero-order valence-corrected chi connectivity index (χ0v) is 19.9. The number of carbonyl (C=O) groups excluding carboxylic acids is 1. The van der Waals surface area contributed by atoms with Gasteiger partial charge in [-0.1, -0.05) is 11.6 Å². The summed E-state index contributed by atoms with van der Waals surface area (Å²) in [5, 5.41) is 17.1. The second-order valence-electron chi connectivity index (χ2n) is 7.38. The van der Waals surface area contributed by atoms with Crippen LogP contribution >= 0.6 is 22.9 Å². The second kappa shape index (κ2) is 11.3. The van der Waals surface area contributed by atoms with Crippen LogP contribution in [0.3, 0.4) is 0 Å². The van der Waals surface area contributed by atoms with Gasteiger partial charge in [-0.05, 0) is 42.8 Å². The molecule has 0 radical (unpaired) electrons. The highest BCUT2D eigenvalue weighted by molar-refractivity contribution is 7.07. The van der Waals surface area contributed by atoms with Crippen LogP contribution in [0.25, 0.3) is 11.4 Å². The van der Waals surface area contributed by atoms with Crippen LogP contribution in [0, 0.1) is 0 Å². The molecule has 1 aliphatic rings. The molecule has 33 heavy (non-hydrogen) atoms. The number of morpholine rings is 1. The van der Waals surface area contributed by atoms with Gasteiger partial charge in [-0.25, -0.2) is 9.79 Å². The van der Waals surface area contributed by atoms with Gasteiger partial charge in [-0.2, -0.15) is 0 Å². The lowest BCUT2D eigenvalue weighted by atomic mass is 10.3. The molecule has 1 aromatic carbocycles. The lowest BCUT2D eigenvalue weighted by Crippen LogP contribution is -2.36. The number of hydrogen-bond acceptors (Lipinski definition) is 7. The van der Waals surface area contributed by atoms with Gasteiger partial charge in [0.05, 0.1) is 24.6 Å². The van der Waals surface area contributed by atoms with E-state index in [0.717, 1.165) is 47.2 Å². The monoisotopic (exact) mass is 487 g/mol. The van der Waals surface area contributed by atoms with Gasteiger partial charge >= 0.3 is 6.03 Å². The number of benzene rings is 1. The summed E-state index contributed by atoms with van der Waals surface area (Å²) in [5.41, 5.74) is 2.53. The average molecular weight is 488 g/mol. The fourth-order valence-corrected chi connectivity index (χ4v) is 4.48. The van der Waals surface area contributed by atoms with Crippen molar-refractivity contribution in [3.05, 3.63) is 51.6 Å². The molecular weight excluding hydrogens is 462 g/mol. The van der Waals surface area contributed by atoms with E-state index in [0.29, 0.717) is 31.3 Å². The number of halogens is 1. The van der Waals surface area contributed by atoms with E-state index in [1.54, 1.807) is 18.4 Å². The largest absolute Gasteiger partial charge is 0.378 e. The molecule has 0 bridgehead atoms. The summed E-state index contributed by atoms with van der Waals surface area (Å²) < 4.78 is 7.53. The predicted octanol–water partition coefficient (Wildman–Crippen LogP) is 3.05. The van der Waals surface area contributed by atoms with E-state index in [-0.39, 0.29) is 6.03 Å². The first-order chi connectivity index (χ1) is 16.1. The Morgan fingerprint density at radius 2 is 1.97 bits per heavy atom. The Balaban J connectivity index is 1.60. The summed E-state index contributed by atoms with van der Waals surface area (Å²) in [6, 6.07) is 11.2. The molecule has 2 aromatic heterocycles. The number of thiazole rings is 1. The van der Waals surface area contributed by atoms with Gasteiger partial charge in [0, 0.05) is 43.6 Å². The van der Waals surface area contributed by atoms with Crippen LogP contribution in [-0.4, -0.2) is 60.7 Å². The number of amides is 2. The first-order valence-electron chi connectivity index (χ1n) is 10.7. The van der Waals surface area contributed by atoms with E-state index in [1.807, 2.05) is 41.8 Å². The van der Waals surface area contributed by atoms with Crippen LogP contribution in [0.1, 0.15) is 6.42 Å². The van der Waals surface area contributed by atoms with E-state index in [2.05, 4.69) is 30.3 Å². The quantitative estimate of drug-likeness (QED) is 0.499. The van der Waals surface area contributed by atoms with Crippen LogP contribution in [-0.2, 0) is 11.3 Å². The number of anilines is 1. The van der Waals surface area contributed by atoms with Crippen LogP contribution in [0.4, 0.5) is 16.3 Å². The summed E-state index contributed by atoms with van der Waals surface area (Å²) in [5.74, 6) is 0.852. The Morgan fingerprint density at radius 3 is 2.67 bits per heavy atom. The molecule has 0 aliphatic carbocycles. The minimum atomic E-state index is -0.193. The summed E-state index contributed by atoms with van der Waals surface area (Å²) in [6.45, 7) is 4.25. The van der Waals surface area contributed by atoms with Gasteiger partial charge < -0.3 is 24.8 Å². The molecule has 1 aliphatic heterocycles. The number of urea groups is 1. The van der Waals surface area contributed by atoms with E-state index < -0.39 is 0 Å². The number of carbonyl (C=O) groups is 1. The molecule has 9 nitrogen and oxygen atoms in total. The Kier molecular flexibility index (Phi) is 7.92. The SMILES string of the molecule is CNC(=O)NCCCn1c(-c2ccc(N3CCOCC3)nn2)csc1=Nc1ccc(Cl)cc1. The highest BCUT2D eigenvalue weighted by Crippen LogP contribution is 2.22. The maximum absolute atomic E-state index is 11.5. The number of ether oxygens (including phenoxy) is 1. The molecule has 4 rings (SSSR count). The van der Waals surface area contributed by atoms with Crippen molar-refractivity contribution in [1.29, 1.82) is 0 Å². The van der Waals surface area contributed by atoms with Gasteiger partial charge in [0.2, 0.25) is 0 Å². The summed E-state index contributed by atoms with van der Waals surface area (Å²) in [6.07, 6.45) is 0.740. The second-order valence-corrected chi connectivity index (χ2v) is 8.65. The molecule has 3 heterocycles. The third-order valence-electron chi connectivity index (χ3n) is 5.17. The molecule has 174 valence electrons. The minimum Gasteiger partial charge on any atom is -0.378 e. The molecule has 1 saturated heterocycles. The van der Waals surface area contributed by atoms with Gasteiger partial charge in [0.1, 0.15) is 5.69 Å². The van der Waals surface area contributed by atoms with Crippen molar-refractivity contribution in [3.8, 4) is 11.4 Å². The van der Waals surface area contributed by atoms with E-state index in [9.17, 15) is 4.79 Å². The Morgan fingerprint density at radius 1 is 1.18 bits per heavy atom. The maximum atomic E-state index is 11.5. The Bertz CT molecular complexity index is 1120. The van der Waals surface area contributed by atoms with Crippen LogP contribution < -0.4 is 20.3 Å². The number of aromatic nitrogens is 3. The molecule has 0 unspecified atom stereocenters. The zero-order chi connectivity index (χ0) is 23.0. The first kappa shape index (κ1) is 23.2. The molecule has 1 fully saturated rings. The molecule has 3 aromatic rings. The Hall–Kier alpha value is -2.95. The van der Waals surface area contributed by atoms with Crippen molar-refractivity contribution >= 4 is 40.5 Å². The zero-order valence-electron chi connectivity index (χ0n) is 18.3. The molecule has 2 amide bonds. The summed E-state index contributed by atoms with van der Waals surface area (Å²) in [7, 11) is 1.60. The van der Waals surface area contributed by atoms with Crippen molar-refractivity contribution in [1.82, 2.24) is 25.4 Å². The van der Waals surface area contributed by atoms with Crippen LogP contribution in [0.5, 0.6) is 0 Å². The number of nitrogens with one attached hydrogen (secondary N) is 2. The number of rotatable bonds is 7. The normalized spacial score (nSPS) is 14.4. The van der Waals surface area contributed by atoms with Crippen LogP contribution in [0.15, 0.2) is 46.8 Å². The van der Waals surface area contributed by atoms with Crippen molar-refractivity contribution in [2.24, 2.45) is 4.99 Å². The molecule has 0 atom stereocenters. The molecular formula is C22H26ClN7O2S. The minimum absolute atomic E-state index is 0.193. The predicted molar refractivity (Wildman–Crippen MR) is 130 cm³/mol. The number of nitrogens with zero attached hydrogens (tertiary/aromatic N) is 5. The van der Waals surface area contributed by atoms with Crippen molar-refractivity contribution in [2.45, 2.75) is 13.0 Å². The third-order valence-corrected chi connectivity index (χ3v) is 6.28. The average Bonchev–Trinajstić information content (AvgIpc) is 3.26. The number of hydrogen-bond donors (Lipinski definition) is 2. The highest BCUT2D eigenvalue weighted by atomic mass is 35.5. The smallest absolute Gasteiger partial charge is 0.314 e. The molecule has 2 N–H and O–H groups in total. The van der Waals surface area contributed by atoms with E-state index >= 15 is 0 Å². The Labute approximate surface area is 201 Å². The van der Waals surface area contributed by atoms with Gasteiger partial charge in [-0.15, -0.1) is 21.5 Å². The van der Waals surface area contributed by atoms with E-state index in [4.69, 9.17) is 21.3 Å². The maximum Gasteiger partial charge on any atom is 0.314 e. The van der Waals surface area contributed by atoms with Gasteiger partial charge in [0.15, 0.2) is 10.6 Å². The van der Waals surface area contributed by atoms with Gasteiger partial charge in [-0.3, -0.25) is 0 Å². The lowest BCUT2D eigenvalue weighted by Gasteiger charge is -2.27. The van der Waals surface area contributed by atoms with Crippen molar-refractivity contribution in [3.63, 3.8) is 0 Å². The van der Waals surface area contributed by atoms with E-state index in [1.165, 1.54) is 0 Å². The topological polar surface area (TPSA) is 96.7 Å². The fraction of sp³-hybridized carbons (Fsp3) is 0.364. The summed E-state index contributed by atoms with van der Waals surface area (Å²) in [4.78, 5) is 19.3. The highest BCUT2D eigenvalue weighted by Gasteiger charge is 2.15. The first-order valence-corrected chi connectivity index (χ1v) is 12.0. The summed E-state index contributed by atoms with van der Waals surface area (Å²) >= 11 is 7.55. The molecule has 0 saturated carbocycles. The van der Waals surface area contributed by atoms with Crippen LogP contribution in [0.2, 0.25) is 5.02 Å². The van der Waals surface area contributed by atoms with Crippen molar-refractivity contribution < 1.29 is 9.53 Å². The lowest BCUT2D eigenvalue weighted by molar-refractivity contribution is 0.122. The van der Waals surface area contributed by atoms with Gasteiger partial charge in [0.25, 0.3) is 0 Å². The fourth-order valence-electron chi connectivity index (χ4n) is 3.42. The standard InChI is InChI=1S/C22H26ClN7O2S/c1-24-21(31)25-9-2-10-30-19(15-33-22(30)26-17-5-3-16(23)4-6-17)18-7-8-20(28-27-18)29-11-13-32-14-12-29/h3-8,15H,2,9-14H2,1H3,(H2,24,25,31). The molecule has 0 spiro atoms. The third kappa shape index (κ3) is 6.10. The van der Waals surface area contributed by atoms with Crippen molar-refractivity contribution in [2.75, 3.05) is 44.8 Å².